The Morgan fingerprint density at radius 1 is 0.962 bits per heavy atom. The molecular formula is C20H29N3O3. The highest BCUT2D eigenvalue weighted by molar-refractivity contribution is 5.94. The van der Waals surface area contributed by atoms with Gasteiger partial charge in [0.2, 0.25) is 0 Å². The molecule has 0 radical (unpaired) electrons. The van der Waals surface area contributed by atoms with Crippen molar-refractivity contribution >= 4 is 17.7 Å². The van der Waals surface area contributed by atoms with Gasteiger partial charge in [0.1, 0.15) is 0 Å². The Bertz CT molecular complexity index is 603. The molecule has 1 aliphatic carbocycles. The Labute approximate surface area is 155 Å². The summed E-state index contributed by atoms with van der Waals surface area (Å²) in [4.78, 5) is 28.2. The normalized spacial score (nSPS) is 18.6. The molecule has 0 atom stereocenters. The van der Waals surface area contributed by atoms with E-state index in [1.54, 1.807) is 34.1 Å². The van der Waals surface area contributed by atoms with E-state index in [-0.39, 0.29) is 12.0 Å². The predicted molar refractivity (Wildman–Crippen MR) is 101 cm³/mol. The van der Waals surface area contributed by atoms with Crippen molar-refractivity contribution < 1.29 is 14.3 Å². The average Bonchev–Trinajstić information content (AvgIpc) is 2.69. The second-order valence-electron chi connectivity index (χ2n) is 7.31. The highest BCUT2D eigenvalue weighted by atomic mass is 16.6. The molecule has 2 aliphatic rings. The summed E-state index contributed by atoms with van der Waals surface area (Å²) in [6.07, 6.45) is 7.22. The minimum atomic E-state index is -0.250. The van der Waals surface area contributed by atoms with Gasteiger partial charge in [0.25, 0.3) is 5.91 Å². The summed E-state index contributed by atoms with van der Waals surface area (Å²) in [7, 11) is 0. The van der Waals surface area contributed by atoms with Crippen LogP contribution in [0.15, 0.2) is 24.3 Å². The fraction of sp³-hybridized carbons (Fsp3) is 0.600. The minimum absolute atomic E-state index is 0.0182. The monoisotopic (exact) mass is 359 g/mol. The molecule has 0 bridgehead atoms. The van der Waals surface area contributed by atoms with Crippen molar-refractivity contribution in [2.75, 3.05) is 38.5 Å². The molecule has 2 amide bonds. The number of hydrogen-bond acceptors (Lipinski definition) is 4. The SMILES string of the molecule is Nc1ccc(C(=O)N2CCN(C(=O)OCCC3CCCCC3)CC2)cc1. The third-order valence-corrected chi connectivity index (χ3v) is 5.46. The molecule has 0 unspecified atom stereocenters. The summed E-state index contributed by atoms with van der Waals surface area (Å²) in [6, 6.07) is 6.94. The summed E-state index contributed by atoms with van der Waals surface area (Å²) in [5, 5.41) is 0. The van der Waals surface area contributed by atoms with E-state index in [1.807, 2.05) is 0 Å². The number of nitrogens with two attached hydrogens (primary N) is 1. The molecule has 1 saturated heterocycles. The van der Waals surface area contributed by atoms with Crippen LogP contribution in [0.2, 0.25) is 0 Å². The van der Waals surface area contributed by atoms with Crippen molar-refractivity contribution in [2.24, 2.45) is 5.92 Å². The van der Waals surface area contributed by atoms with E-state index in [0.717, 1.165) is 6.42 Å². The van der Waals surface area contributed by atoms with Crippen molar-refractivity contribution in [3.8, 4) is 0 Å². The Hall–Kier alpha value is -2.24. The topological polar surface area (TPSA) is 75.9 Å². The van der Waals surface area contributed by atoms with Crippen LogP contribution in [0.3, 0.4) is 0 Å². The second-order valence-corrected chi connectivity index (χ2v) is 7.31. The first kappa shape index (κ1) is 18.5. The molecule has 6 heteroatoms. The van der Waals surface area contributed by atoms with Gasteiger partial charge in [0, 0.05) is 37.4 Å². The first-order valence-electron chi connectivity index (χ1n) is 9.70. The van der Waals surface area contributed by atoms with Gasteiger partial charge < -0.3 is 20.3 Å². The Morgan fingerprint density at radius 2 is 1.58 bits per heavy atom. The van der Waals surface area contributed by atoms with Gasteiger partial charge in [-0.1, -0.05) is 32.1 Å². The molecule has 0 spiro atoms. The average molecular weight is 359 g/mol. The van der Waals surface area contributed by atoms with E-state index in [9.17, 15) is 9.59 Å². The second kappa shape index (κ2) is 8.92. The van der Waals surface area contributed by atoms with Gasteiger partial charge in [-0.2, -0.15) is 0 Å². The summed E-state index contributed by atoms with van der Waals surface area (Å²) in [6.45, 7) is 2.60. The lowest BCUT2D eigenvalue weighted by atomic mass is 9.87. The quantitative estimate of drug-likeness (QED) is 0.838. The van der Waals surface area contributed by atoms with E-state index >= 15 is 0 Å². The van der Waals surface area contributed by atoms with E-state index in [2.05, 4.69) is 0 Å². The lowest BCUT2D eigenvalue weighted by molar-refractivity contribution is 0.0543. The maximum absolute atomic E-state index is 12.5. The third kappa shape index (κ3) is 4.90. The number of nitrogen functional groups attached to an aromatic ring is 1. The number of benzene rings is 1. The van der Waals surface area contributed by atoms with Crippen molar-refractivity contribution in [3.05, 3.63) is 29.8 Å². The van der Waals surface area contributed by atoms with Crippen LogP contribution in [0, 0.1) is 5.92 Å². The van der Waals surface area contributed by atoms with E-state index in [0.29, 0.717) is 50.0 Å². The molecule has 2 fully saturated rings. The Morgan fingerprint density at radius 3 is 2.23 bits per heavy atom. The summed E-state index contributed by atoms with van der Waals surface area (Å²) in [5.41, 5.74) is 6.93. The summed E-state index contributed by atoms with van der Waals surface area (Å²) >= 11 is 0. The predicted octanol–water partition coefficient (Wildman–Crippen LogP) is 3.13. The van der Waals surface area contributed by atoms with Gasteiger partial charge in [-0.15, -0.1) is 0 Å². The third-order valence-electron chi connectivity index (χ3n) is 5.46. The van der Waals surface area contributed by atoms with Crippen LogP contribution in [0.5, 0.6) is 0 Å². The van der Waals surface area contributed by atoms with Crippen LogP contribution in [-0.2, 0) is 4.74 Å². The van der Waals surface area contributed by atoms with Crippen molar-refractivity contribution in [2.45, 2.75) is 38.5 Å². The Balaban J connectivity index is 1.39. The zero-order valence-electron chi connectivity index (χ0n) is 15.4. The largest absolute Gasteiger partial charge is 0.449 e. The van der Waals surface area contributed by atoms with Gasteiger partial charge in [-0.25, -0.2) is 4.79 Å². The number of ether oxygens (including phenoxy) is 1. The van der Waals surface area contributed by atoms with E-state index in [1.165, 1.54) is 32.1 Å². The van der Waals surface area contributed by atoms with E-state index < -0.39 is 0 Å². The van der Waals surface area contributed by atoms with Crippen LogP contribution in [0.25, 0.3) is 0 Å². The zero-order chi connectivity index (χ0) is 18.4. The number of carbonyl (C=O) groups excluding carboxylic acids is 2. The number of amides is 2. The van der Waals surface area contributed by atoms with Gasteiger partial charge in [0.05, 0.1) is 6.61 Å². The molecule has 0 aromatic heterocycles. The van der Waals surface area contributed by atoms with E-state index in [4.69, 9.17) is 10.5 Å². The molecule has 1 aromatic rings. The van der Waals surface area contributed by atoms with Crippen LogP contribution in [0.1, 0.15) is 48.9 Å². The van der Waals surface area contributed by atoms with Crippen LogP contribution in [-0.4, -0.2) is 54.6 Å². The summed E-state index contributed by atoms with van der Waals surface area (Å²) < 4.78 is 5.45. The molecule has 1 aliphatic heterocycles. The fourth-order valence-electron chi connectivity index (χ4n) is 3.78. The lowest BCUT2D eigenvalue weighted by Crippen LogP contribution is -2.50. The number of rotatable bonds is 4. The molecule has 142 valence electrons. The van der Waals surface area contributed by atoms with Crippen LogP contribution >= 0.6 is 0 Å². The summed E-state index contributed by atoms with van der Waals surface area (Å²) in [5.74, 6) is 0.696. The standard InChI is InChI=1S/C20H29N3O3/c21-18-8-6-17(7-9-18)19(24)22-11-13-23(14-12-22)20(25)26-15-10-16-4-2-1-3-5-16/h6-9,16H,1-5,10-15,21H2. The first-order valence-corrected chi connectivity index (χ1v) is 9.70. The van der Waals surface area contributed by atoms with Gasteiger partial charge >= 0.3 is 6.09 Å². The molecule has 1 saturated carbocycles. The lowest BCUT2D eigenvalue weighted by Gasteiger charge is -2.34. The highest BCUT2D eigenvalue weighted by Crippen LogP contribution is 2.26. The number of piperazine rings is 1. The molecular weight excluding hydrogens is 330 g/mol. The number of carbonyl (C=O) groups is 2. The fourth-order valence-corrected chi connectivity index (χ4v) is 3.78. The molecule has 1 heterocycles. The zero-order valence-corrected chi connectivity index (χ0v) is 15.4. The maximum atomic E-state index is 12.5. The molecule has 2 N–H and O–H groups in total. The van der Waals surface area contributed by atoms with Crippen molar-refractivity contribution in [3.63, 3.8) is 0 Å². The molecule has 3 rings (SSSR count). The smallest absolute Gasteiger partial charge is 0.409 e. The Kier molecular flexibility index (Phi) is 6.36. The molecule has 26 heavy (non-hydrogen) atoms. The van der Waals surface area contributed by atoms with Gasteiger partial charge in [-0.05, 0) is 36.6 Å². The maximum Gasteiger partial charge on any atom is 0.409 e. The van der Waals surface area contributed by atoms with Crippen LogP contribution < -0.4 is 5.73 Å². The van der Waals surface area contributed by atoms with Gasteiger partial charge in [-0.3, -0.25) is 4.79 Å². The van der Waals surface area contributed by atoms with Crippen molar-refractivity contribution in [1.82, 2.24) is 9.80 Å². The van der Waals surface area contributed by atoms with Gasteiger partial charge in [0.15, 0.2) is 0 Å². The first-order chi connectivity index (χ1) is 12.6. The number of hydrogen-bond donors (Lipinski definition) is 1. The highest BCUT2D eigenvalue weighted by Gasteiger charge is 2.25. The van der Waals surface area contributed by atoms with Crippen LogP contribution in [0.4, 0.5) is 10.5 Å². The molecule has 1 aromatic carbocycles. The number of nitrogens with zero attached hydrogens (tertiary/aromatic N) is 2. The molecule has 6 nitrogen and oxygen atoms in total. The van der Waals surface area contributed by atoms with Crippen molar-refractivity contribution in [1.29, 1.82) is 0 Å². The number of anilines is 1. The minimum Gasteiger partial charge on any atom is -0.449 e.